The molecule has 2 heterocycles. The van der Waals surface area contributed by atoms with Gasteiger partial charge in [-0.15, -0.1) is 0 Å². The summed E-state index contributed by atoms with van der Waals surface area (Å²) in [6.45, 7) is 3.11. The molecule has 5 nitrogen and oxygen atoms in total. The van der Waals surface area contributed by atoms with Crippen LogP contribution in [0.3, 0.4) is 0 Å². The highest BCUT2D eigenvalue weighted by Crippen LogP contribution is 2.36. The highest BCUT2D eigenvalue weighted by molar-refractivity contribution is 9.10. The number of ether oxygens (including phenoxy) is 3. The van der Waals surface area contributed by atoms with Gasteiger partial charge in [-0.1, -0.05) is 34.1 Å². The zero-order valence-electron chi connectivity index (χ0n) is 16.5. The van der Waals surface area contributed by atoms with Crippen LogP contribution in [0.15, 0.2) is 46.9 Å². The van der Waals surface area contributed by atoms with Gasteiger partial charge in [-0.3, -0.25) is 4.68 Å². The quantitative estimate of drug-likeness (QED) is 0.425. The molecule has 0 N–H and O–H groups in total. The van der Waals surface area contributed by atoms with Gasteiger partial charge in [0.2, 0.25) is 0 Å². The van der Waals surface area contributed by atoms with E-state index < -0.39 is 0 Å². The topological polar surface area (TPSA) is 48.8 Å². The minimum Gasteiger partial charge on any atom is -0.487 e. The minimum atomic E-state index is -0.0764. The smallest absolute Gasteiger partial charge is 0.184 e. The van der Waals surface area contributed by atoms with Crippen molar-refractivity contribution in [2.24, 2.45) is 0 Å². The molecule has 29 heavy (non-hydrogen) atoms. The summed E-state index contributed by atoms with van der Waals surface area (Å²) in [5.41, 5.74) is 3.32. The average molecular weight is 457 g/mol. The van der Waals surface area contributed by atoms with E-state index in [9.17, 15) is 0 Å². The molecule has 2 aromatic carbocycles. The molecule has 0 bridgehead atoms. The van der Waals surface area contributed by atoms with Crippen molar-refractivity contribution in [1.29, 1.82) is 0 Å². The van der Waals surface area contributed by atoms with E-state index in [1.165, 1.54) is 24.8 Å². The number of nitrogens with zero attached hydrogens (tertiary/aromatic N) is 2. The number of aromatic nitrogens is 2. The van der Waals surface area contributed by atoms with Crippen LogP contribution in [0, 0.1) is 0 Å². The molecule has 1 saturated heterocycles. The van der Waals surface area contributed by atoms with Crippen molar-refractivity contribution >= 4 is 26.8 Å². The molecule has 2 aliphatic rings. The van der Waals surface area contributed by atoms with E-state index >= 15 is 0 Å². The Labute approximate surface area is 179 Å². The zero-order chi connectivity index (χ0) is 19.8. The number of rotatable bonds is 8. The molecule has 1 aliphatic heterocycles. The second-order valence-electron chi connectivity index (χ2n) is 7.74. The fraction of sp³-hybridized carbons (Fsp3) is 0.435. The van der Waals surface area contributed by atoms with Crippen molar-refractivity contribution in [1.82, 2.24) is 9.78 Å². The van der Waals surface area contributed by atoms with E-state index in [1.807, 2.05) is 25.1 Å². The Morgan fingerprint density at radius 1 is 1.21 bits per heavy atom. The van der Waals surface area contributed by atoms with Crippen LogP contribution in [0.4, 0.5) is 0 Å². The summed E-state index contributed by atoms with van der Waals surface area (Å²) in [6, 6.07) is 15.1. The Bertz CT molecular complexity index is 1010. The summed E-state index contributed by atoms with van der Waals surface area (Å²) in [4.78, 5) is 0. The predicted octanol–water partition coefficient (Wildman–Crippen LogP) is 5.41. The maximum absolute atomic E-state index is 6.25. The second kappa shape index (κ2) is 8.09. The van der Waals surface area contributed by atoms with Gasteiger partial charge >= 0.3 is 0 Å². The predicted molar refractivity (Wildman–Crippen MR) is 115 cm³/mol. The maximum Gasteiger partial charge on any atom is 0.184 e. The number of epoxide rings is 1. The number of hydrogen-bond donors (Lipinski definition) is 0. The van der Waals surface area contributed by atoms with Gasteiger partial charge in [-0.05, 0) is 56.0 Å². The standard InChI is InChI=1S/C23H25BrN2O3/c1-2-27-23-22(29-23)12-15-6-3-4-9-21(15)28-14-19-18-13-16(24)10-11-20(18)26(25-19)17-7-5-8-17/h3-4,6,9-11,13,17,22-23H,2,5,7-8,12,14H2,1H3. The van der Waals surface area contributed by atoms with Gasteiger partial charge in [-0.25, -0.2) is 0 Å². The minimum absolute atomic E-state index is 0.0764. The summed E-state index contributed by atoms with van der Waals surface area (Å²) < 4.78 is 20.6. The lowest BCUT2D eigenvalue weighted by Crippen LogP contribution is -2.18. The Kier molecular flexibility index (Phi) is 5.33. The number of para-hydroxylation sites is 1. The maximum atomic E-state index is 6.25. The first-order valence-corrected chi connectivity index (χ1v) is 11.2. The highest BCUT2D eigenvalue weighted by Gasteiger charge is 2.40. The van der Waals surface area contributed by atoms with Crippen LogP contribution in [-0.4, -0.2) is 28.8 Å². The Morgan fingerprint density at radius 3 is 2.86 bits per heavy atom. The number of halogens is 1. The van der Waals surface area contributed by atoms with E-state index in [1.54, 1.807) is 0 Å². The lowest BCUT2D eigenvalue weighted by Gasteiger charge is -2.26. The molecule has 152 valence electrons. The van der Waals surface area contributed by atoms with Crippen molar-refractivity contribution in [2.45, 2.75) is 57.6 Å². The molecular weight excluding hydrogens is 432 g/mol. The lowest BCUT2D eigenvalue weighted by molar-refractivity contribution is 0.0593. The van der Waals surface area contributed by atoms with Crippen molar-refractivity contribution in [3.8, 4) is 5.75 Å². The van der Waals surface area contributed by atoms with Gasteiger partial charge in [0.1, 0.15) is 24.2 Å². The van der Waals surface area contributed by atoms with Crippen molar-refractivity contribution < 1.29 is 14.2 Å². The van der Waals surface area contributed by atoms with Crippen molar-refractivity contribution in [2.75, 3.05) is 6.61 Å². The summed E-state index contributed by atoms with van der Waals surface area (Å²) in [6.07, 6.45) is 4.54. The van der Waals surface area contributed by atoms with Crippen LogP contribution in [0.5, 0.6) is 5.75 Å². The molecule has 5 rings (SSSR count). The summed E-state index contributed by atoms with van der Waals surface area (Å²) in [7, 11) is 0. The first-order chi connectivity index (χ1) is 14.2. The molecule has 1 saturated carbocycles. The van der Waals surface area contributed by atoms with E-state index in [0.717, 1.165) is 33.3 Å². The van der Waals surface area contributed by atoms with Crippen LogP contribution in [0.2, 0.25) is 0 Å². The zero-order valence-corrected chi connectivity index (χ0v) is 18.1. The lowest BCUT2D eigenvalue weighted by atomic mass is 9.93. The summed E-state index contributed by atoms with van der Waals surface area (Å²) in [5, 5.41) is 6.09. The first kappa shape index (κ1) is 19.1. The van der Waals surface area contributed by atoms with Crippen LogP contribution >= 0.6 is 15.9 Å². The number of benzene rings is 2. The Balaban J connectivity index is 1.35. The fourth-order valence-electron chi connectivity index (χ4n) is 3.95. The molecule has 0 radical (unpaired) electrons. The molecule has 2 atom stereocenters. The molecule has 2 fully saturated rings. The normalized spacial score (nSPS) is 21.3. The van der Waals surface area contributed by atoms with Crippen molar-refractivity contribution in [3.63, 3.8) is 0 Å². The Hall–Kier alpha value is -1.89. The molecule has 0 spiro atoms. The van der Waals surface area contributed by atoms with E-state index in [-0.39, 0.29) is 12.4 Å². The number of hydrogen-bond acceptors (Lipinski definition) is 4. The average Bonchev–Trinajstić information content (AvgIpc) is 3.31. The van der Waals surface area contributed by atoms with Gasteiger partial charge in [-0.2, -0.15) is 5.10 Å². The van der Waals surface area contributed by atoms with Gasteiger partial charge < -0.3 is 14.2 Å². The summed E-state index contributed by atoms with van der Waals surface area (Å²) >= 11 is 3.60. The van der Waals surface area contributed by atoms with Gasteiger partial charge in [0.15, 0.2) is 6.29 Å². The van der Waals surface area contributed by atoms with Gasteiger partial charge in [0.25, 0.3) is 0 Å². The van der Waals surface area contributed by atoms with Crippen LogP contribution in [-0.2, 0) is 22.5 Å². The second-order valence-corrected chi connectivity index (χ2v) is 8.65. The van der Waals surface area contributed by atoms with Crippen LogP contribution < -0.4 is 4.74 Å². The molecule has 2 unspecified atom stereocenters. The largest absolute Gasteiger partial charge is 0.487 e. The SMILES string of the molecule is CCOC1OC1Cc1ccccc1OCc1nn(C2CCC2)c2ccc(Br)cc12. The van der Waals surface area contributed by atoms with Gasteiger partial charge in [0, 0.05) is 22.9 Å². The fourth-order valence-corrected chi connectivity index (χ4v) is 4.31. The number of fused-ring (bicyclic) bond motifs is 1. The van der Waals surface area contributed by atoms with Crippen molar-refractivity contribution in [3.05, 3.63) is 58.2 Å². The Morgan fingerprint density at radius 2 is 2.07 bits per heavy atom. The summed E-state index contributed by atoms with van der Waals surface area (Å²) in [5.74, 6) is 0.889. The van der Waals surface area contributed by atoms with Crippen LogP contribution in [0.1, 0.15) is 43.5 Å². The molecule has 0 amide bonds. The monoisotopic (exact) mass is 456 g/mol. The van der Waals surface area contributed by atoms with Crippen LogP contribution in [0.25, 0.3) is 10.9 Å². The third kappa shape index (κ3) is 3.93. The molecule has 3 aromatic rings. The molecular formula is C23H25BrN2O3. The third-order valence-corrected chi connectivity index (χ3v) is 6.28. The third-order valence-electron chi connectivity index (χ3n) is 5.79. The molecule has 1 aliphatic carbocycles. The first-order valence-electron chi connectivity index (χ1n) is 10.4. The van der Waals surface area contributed by atoms with E-state index in [2.05, 4.69) is 44.9 Å². The molecule has 1 aromatic heterocycles. The van der Waals surface area contributed by atoms with Gasteiger partial charge in [0.05, 0.1) is 11.6 Å². The van der Waals surface area contributed by atoms with E-state index in [0.29, 0.717) is 19.3 Å². The molecule has 6 heteroatoms. The highest BCUT2D eigenvalue weighted by atomic mass is 79.9. The van der Waals surface area contributed by atoms with E-state index in [4.69, 9.17) is 19.3 Å².